The third kappa shape index (κ3) is 5.66. The fourth-order valence-corrected chi connectivity index (χ4v) is 4.29. The molecule has 0 aliphatic heterocycles. The monoisotopic (exact) mass is 488 g/mol. The van der Waals surface area contributed by atoms with E-state index in [1.807, 2.05) is 0 Å². The summed E-state index contributed by atoms with van der Waals surface area (Å²) in [7, 11) is -4.41. The summed E-state index contributed by atoms with van der Waals surface area (Å²) in [5, 5.41) is 0. The van der Waals surface area contributed by atoms with Crippen molar-refractivity contribution < 1.29 is 43.5 Å². The molecule has 1 unspecified atom stereocenters. The third-order valence-corrected chi connectivity index (χ3v) is 7.76. The van der Waals surface area contributed by atoms with Gasteiger partial charge in [0.1, 0.15) is 3.66 Å². The smallest absolute Gasteiger partial charge is 0.227 e. The van der Waals surface area contributed by atoms with Crippen molar-refractivity contribution in [1.29, 1.82) is 0 Å². The van der Waals surface area contributed by atoms with E-state index in [1.54, 1.807) is 0 Å². The molecule has 0 saturated carbocycles. The van der Waals surface area contributed by atoms with Crippen molar-refractivity contribution in [3.63, 3.8) is 0 Å². The molecule has 1 rings (SSSR count). The van der Waals surface area contributed by atoms with Crippen LogP contribution in [0.5, 0.6) is 0 Å². The van der Waals surface area contributed by atoms with Gasteiger partial charge in [-0.3, -0.25) is 0 Å². The van der Waals surface area contributed by atoms with Gasteiger partial charge in [-0.15, -0.1) is 6.58 Å². The Morgan fingerprint density at radius 3 is 1.81 bits per heavy atom. The normalized spacial score (nSPS) is 16.0. The highest BCUT2D eigenvalue weighted by molar-refractivity contribution is 9.11. The van der Waals surface area contributed by atoms with Gasteiger partial charge in [-0.1, -0.05) is 46.3 Å². The van der Waals surface area contributed by atoms with Gasteiger partial charge in [-0.05, 0) is 5.56 Å². The standard InChI is InChI=1S/C15H13BrF8O2S/c1-2-12(16,27(25,26)8-7-13(17,18)19)9-10-3-5-11(6-4-10)14(20,21)15(22,23)24/h2-6H,1,7-9H2. The maximum atomic E-state index is 13.2. The molecule has 0 radical (unpaired) electrons. The average molecular weight is 489 g/mol. The Labute approximate surface area is 158 Å². The second-order valence-corrected chi connectivity index (χ2v) is 9.93. The van der Waals surface area contributed by atoms with Crippen LogP contribution in [0.2, 0.25) is 0 Å². The molecule has 0 aliphatic rings. The predicted octanol–water partition coefficient (Wildman–Crippen LogP) is 5.53. The van der Waals surface area contributed by atoms with Crippen LogP contribution in [0.1, 0.15) is 17.5 Å². The van der Waals surface area contributed by atoms with Crippen molar-refractivity contribution in [3.8, 4) is 0 Å². The first kappa shape index (κ1) is 23.9. The van der Waals surface area contributed by atoms with Crippen molar-refractivity contribution >= 4 is 25.8 Å². The highest BCUT2D eigenvalue weighted by atomic mass is 79.9. The van der Waals surface area contributed by atoms with E-state index in [0.29, 0.717) is 12.1 Å². The van der Waals surface area contributed by atoms with Gasteiger partial charge in [-0.2, -0.15) is 35.1 Å². The van der Waals surface area contributed by atoms with Gasteiger partial charge in [0, 0.05) is 12.0 Å². The molecule has 0 heterocycles. The Hall–Kier alpha value is -1.17. The number of rotatable bonds is 7. The van der Waals surface area contributed by atoms with E-state index in [2.05, 4.69) is 22.5 Å². The van der Waals surface area contributed by atoms with Gasteiger partial charge in [0.05, 0.1) is 12.2 Å². The fourth-order valence-electron chi connectivity index (χ4n) is 2.00. The molecule has 0 aliphatic carbocycles. The summed E-state index contributed by atoms with van der Waals surface area (Å²) < 4.78 is 123. The van der Waals surface area contributed by atoms with Crippen LogP contribution in [0.4, 0.5) is 35.1 Å². The zero-order chi connectivity index (χ0) is 21.3. The van der Waals surface area contributed by atoms with Crippen LogP contribution in [0.15, 0.2) is 36.9 Å². The molecule has 0 spiro atoms. The van der Waals surface area contributed by atoms with Crippen LogP contribution in [-0.2, 0) is 22.2 Å². The van der Waals surface area contributed by atoms with Crippen molar-refractivity contribution in [1.82, 2.24) is 0 Å². The van der Waals surface area contributed by atoms with Gasteiger partial charge >= 0.3 is 18.3 Å². The number of sulfone groups is 1. The van der Waals surface area contributed by atoms with E-state index in [1.165, 1.54) is 0 Å². The topological polar surface area (TPSA) is 34.1 Å². The molecule has 0 N–H and O–H groups in total. The first-order valence-electron chi connectivity index (χ1n) is 7.11. The first-order chi connectivity index (χ1) is 12.0. The summed E-state index contributed by atoms with van der Waals surface area (Å²) in [4.78, 5) is 0. The minimum absolute atomic E-state index is 0.00378. The molecule has 1 aromatic rings. The molecular weight excluding hydrogens is 476 g/mol. The van der Waals surface area contributed by atoms with Gasteiger partial charge in [0.25, 0.3) is 0 Å². The lowest BCUT2D eigenvalue weighted by molar-refractivity contribution is -0.289. The lowest BCUT2D eigenvalue weighted by atomic mass is 10.0. The van der Waals surface area contributed by atoms with Crippen molar-refractivity contribution in [2.24, 2.45) is 0 Å². The van der Waals surface area contributed by atoms with Crippen molar-refractivity contribution in [3.05, 3.63) is 48.0 Å². The van der Waals surface area contributed by atoms with Crippen LogP contribution < -0.4 is 0 Å². The molecule has 12 heteroatoms. The van der Waals surface area contributed by atoms with Gasteiger partial charge in [0.15, 0.2) is 9.84 Å². The summed E-state index contributed by atoms with van der Waals surface area (Å²) in [6, 6.07) is 2.63. The molecule has 1 atom stereocenters. The zero-order valence-electron chi connectivity index (χ0n) is 13.3. The lowest BCUT2D eigenvalue weighted by Crippen LogP contribution is -2.36. The lowest BCUT2D eigenvalue weighted by Gasteiger charge is -2.25. The van der Waals surface area contributed by atoms with Crippen molar-refractivity contribution in [2.75, 3.05) is 5.75 Å². The summed E-state index contributed by atoms with van der Waals surface area (Å²) in [6.45, 7) is 3.25. The van der Waals surface area contributed by atoms with E-state index < -0.39 is 55.9 Å². The Bertz CT molecular complexity index is 768. The van der Waals surface area contributed by atoms with E-state index in [4.69, 9.17) is 0 Å². The van der Waals surface area contributed by atoms with Gasteiger partial charge < -0.3 is 0 Å². The number of alkyl halides is 9. The number of hydrogen-bond donors (Lipinski definition) is 0. The molecule has 154 valence electrons. The molecule has 0 bridgehead atoms. The average Bonchev–Trinajstić information content (AvgIpc) is 2.51. The number of halogens is 9. The largest absolute Gasteiger partial charge is 0.458 e. The molecule has 0 saturated heterocycles. The molecule has 0 amide bonds. The van der Waals surface area contributed by atoms with Gasteiger partial charge in [-0.25, -0.2) is 8.42 Å². The third-order valence-electron chi connectivity index (χ3n) is 3.59. The molecule has 1 aromatic carbocycles. The molecular formula is C15H13BrF8O2S. The second kappa shape index (κ2) is 7.69. The predicted molar refractivity (Wildman–Crippen MR) is 86.4 cm³/mol. The maximum absolute atomic E-state index is 13.2. The van der Waals surface area contributed by atoms with E-state index in [-0.39, 0.29) is 5.56 Å². The van der Waals surface area contributed by atoms with Crippen LogP contribution in [0.25, 0.3) is 0 Å². The summed E-state index contributed by atoms with van der Waals surface area (Å²) in [5.41, 5.74) is -1.35. The minimum atomic E-state index is -5.81. The van der Waals surface area contributed by atoms with E-state index >= 15 is 0 Å². The zero-order valence-corrected chi connectivity index (χ0v) is 15.7. The maximum Gasteiger partial charge on any atom is 0.458 e. The highest BCUT2D eigenvalue weighted by Gasteiger charge is 2.58. The molecule has 0 fully saturated rings. The van der Waals surface area contributed by atoms with Crippen LogP contribution >= 0.6 is 15.9 Å². The molecule has 2 nitrogen and oxygen atoms in total. The molecule has 0 aromatic heterocycles. The Morgan fingerprint density at radius 1 is 0.963 bits per heavy atom. The SMILES string of the molecule is C=CC(Br)(Cc1ccc(C(F)(F)C(F)(F)F)cc1)S(=O)(=O)CCC(F)(F)F. The first-order valence-corrected chi connectivity index (χ1v) is 9.55. The minimum Gasteiger partial charge on any atom is -0.227 e. The van der Waals surface area contributed by atoms with E-state index in [9.17, 15) is 43.5 Å². The van der Waals surface area contributed by atoms with Crippen LogP contribution in [0, 0.1) is 0 Å². The van der Waals surface area contributed by atoms with Crippen LogP contribution in [0.3, 0.4) is 0 Å². The summed E-state index contributed by atoms with van der Waals surface area (Å²) in [6.07, 6.45) is -11.8. The Balaban J connectivity index is 3.09. The highest BCUT2D eigenvalue weighted by Crippen LogP contribution is 2.44. The number of benzene rings is 1. The molecule has 27 heavy (non-hydrogen) atoms. The second-order valence-electron chi connectivity index (χ2n) is 5.62. The summed E-state index contributed by atoms with van der Waals surface area (Å²) in [5.74, 6) is -6.35. The summed E-state index contributed by atoms with van der Waals surface area (Å²) >= 11 is 2.80. The number of hydrogen-bond acceptors (Lipinski definition) is 2. The Kier molecular flexibility index (Phi) is 6.80. The van der Waals surface area contributed by atoms with Gasteiger partial charge in [0.2, 0.25) is 0 Å². The van der Waals surface area contributed by atoms with E-state index in [0.717, 1.165) is 18.2 Å². The van der Waals surface area contributed by atoms with Crippen molar-refractivity contribution in [2.45, 2.75) is 34.8 Å². The Morgan fingerprint density at radius 2 is 1.44 bits per heavy atom. The van der Waals surface area contributed by atoms with Crippen LogP contribution in [-0.4, -0.2) is 30.2 Å². The quantitative estimate of drug-likeness (QED) is 0.287. The fraction of sp³-hybridized carbons (Fsp3) is 0.467.